The first-order chi connectivity index (χ1) is 9.89. The van der Waals surface area contributed by atoms with Gasteiger partial charge in [0.2, 0.25) is 11.8 Å². The molecule has 1 amide bonds. The second kappa shape index (κ2) is 7.03. The summed E-state index contributed by atoms with van der Waals surface area (Å²) in [6, 6.07) is 0.141. The maximum Gasteiger partial charge on any atom is 0.248 e. The summed E-state index contributed by atoms with van der Waals surface area (Å²) >= 11 is 0. The van der Waals surface area contributed by atoms with Crippen LogP contribution in [0.1, 0.15) is 52.4 Å². The Bertz CT molecular complexity index is 344. The van der Waals surface area contributed by atoms with Crippen LogP contribution in [0.15, 0.2) is 0 Å². The number of hydrogen-bond acceptors (Lipinski definition) is 2. The van der Waals surface area contributed by atoms with Crippen LogP contribution in [-0.2, 0) is 4.79 Å². The summed E-state index contributed by atoms with van der Waals surface area (Å²) in [6.45, 7) is 6.82. The molecule has 1 aliphatic carbocycles. The highest BCUT2D eigenvalue weighted by Crippen LogP contribution is 2.37. The lowest BCUT2D eigenvalue weighted by molar-refractivity contribution is -0.142. The molecule has 1 unspecified atom stereocenters. The third-order valence-corrected chi connectivity index (χ3v) is 4.83. The van der Waals surface area contributed by atoms with Gasteiger partial charge in [0.05, 0.1) is 0 Å². The van der Waals surface area contributed by atoms with E-state index in [1.54, 1.807) is 0 Å². The maximum atomic E-state index is 13.2. The summed E-state index contributed by atoms with van der Waals surface area (Å²) in [6.07, 6.45) is 2.68. The summed E-state index contributed by atoms with van der Waals surface area (Å²) in [4.78, 5) is 14.6. The number of rotatable bonds is 4. The van der Waals surface area contributed by atoms with Crippen LogP contribution in [0.2, 0.25) is 0 Å². The van der Waals surface area contributed by atoms with Gasteiger partial charge in [0.15, 0.2) is 0 Å². The van der Waals surface area contributed by atoms with Gasteiger partial charge in [0.25, 0.3) is 0 Å². The molecule has 1 saturated carbocycles. The van der Waals surface area contributed by atoms with E-state index in [0.717, 1.165) is 32.5 Å². The highest BCUT2D eigenvalue weighted by molar-refractivity contribution is 5.79. The van der Waals surface area contributed by atoms with Gasteiger partial charge in [-0.1, -0.05) is 0 Å². The molecular formula is C16H28F2N2O. The van der Waals surface area contributed by atoms with Crippen molar-refractivity contribution in [2.45, 2.75) is 64.3 Å². The number of carbonyl (C=O) groups excluding carboxylic acids is 1. The number of amides is 1. The van der Waals surface area contributed by atoms with Crippen LogP contribution in [-0.4, -0.2) is 42.4 Å². The Labute approximate surface area is 126 Å². The van der Waals surface area contributed by atoms with E-state index < -0.39 is 5.92 Å². The Hall–Kier alpha value is -0.710. The number of piperidine rings is 1. The zero-order valence-corrected chi connectivity index (χ0v) is 13.2. The van der Waals surface area contributed by atoms with E-state index in [0.29, 0.717) is 18.8 Å². The lowest BCUT2D eigenvalue weighted by Crippen LogP contribution is -2.47. The zero-order valence-electron chi connectivity index (χ0n) is 13.2. The molecule has 0 radical (unpaired) electrons. The third kappa shape index (κ3) is 4.63. The van der Waals surface area contributed by atoms with Crippen molar-refractivity contribution in [2.24, 2.45) is 11.8 Å². The van der Waals surface area contributed by atoms with Crippen LogP contribution in [0, 0.1) is 11.8 Å². The normalized spacial score (nSPS) is 26.8. The molecule has 1 heterocycles. The molecule has 3 nitrogen and oxygen atoms in total. The van der Waals surface area contributed by atoms with Gasteiger partial charge >= 0.3 is 0 Å². The van der Waals surface area contributed by atoms with Crippen LogP contribution >= 0.6 is 0 Å². The van der Waals surface area contributed by atoms with Crippen LogP contribution in [0.25, 0.3) is 0 Å². The summed E-state index contributed by atoms with van der Waals surface area (Å²) in [5.74, 6) is -2.18. The van der Waals surface area contributed by atoms with E-state index in [9.17, 15) is 13.6 Å². The quantitative estimate of drug-likeness (QED) is 0.865. The van der Waals surface area contributed by atoms with Crippen molar-refractivity contribution in [3.8, 4) is 0 Å². The molecule has 2 aliphatic rings. The monoisotopic (exact) mass is 302 g/mol. The van der Waals surface area contributed by atoms with Gasteiger partial charge in [0, 0.05) is 31.3 Å². The smallest absolute Gasteiger partial charge is 0.248 e. The number of nitrogens with one attached hydrogen (secondary N) is 1. The highest BCUT2D eigenvalue weighted by atomic mass is 19.3. The van der Waals surface area contributed by atoms with Crippen molar-refractivity contribution in [1.29, 1.82) is 0 Å². The fourth-order valence-electron chi connectivity index (χ4n) is 3.43. The van der Waals surface area contributed by atoms with Crippen LogP contribution in [0.3, 0.4) is 0 Å². The van der Waals surface area contributed by atoms with Gasteiger partial charge in [-0.3, -0.25) is 4.79 Å². The van der Waals surface area contributed by atoms with Crippen LogP contribution in [0.4, 0.5) is 8.78 Å². The number of carbonyl (C=O) groups is 1. The molecule has 0 spiro atoms. The Morgan fingerprint density at radius 1 is 1.29 bits per heavy atom. The fraction of sp³-hybridized carbons (Fsp3) is 0.938. The molecule has 2 rings (SSSR count). The number of alkyl halides is 2. The lowest BCUT2D eigenvalue weighted by Gasteiger charge is -2.37. The number of nitrogens with zero attached hydrogens (tertiary/aromatic N) is 1. The Morgan fingerprint density at radius 3 is 2.48 bits per heavy atom. The minimum absolute atomic E-state index is 0.0890. The maximum absolute atomic E-state index is 13.2. The van der Waals surface area contributed by atoms with Gasteiger partial charge in [-0.25, -0.2) is 8.78 Å². The summed E-state index contributed by atoms with van der Waals surface area (Å²) in [5.41, 5.74) is 0. The molecule has 0 aromatic rings. The van der Waals surface area contributed by atoms with E-state index in [1.165, 1.54) is 0 Å². The zero-order chi connectivity index (χ0) is 15.5. The molecule has 0 aromatic carbocycles. The van der Waals surface area contributed by atoms with Gasteiger partial charge in [-0.15, -0.1) is 0 Å². The standard InChI is InChI=1S/C16H28F2N2O/c1-12(2)20(11-13-4-3-9-19-10-13)15(21)14-5-7-16(17,18)8-6-14/h12-14,19H,3-11H2,1-2H3. The predicted octanol–water partition coefficient (Wildman–Crippen LogP) is 3.05. The van der Waals surface area contributed by atoms with Crippen molar-refractivity contribution in [3.63, 3.8) is 0 Å². The van der Waals surface area contributed by atoms with Crippen molar-refractivity contribution in [2.75, 3.05) is 19.6 Å². The minimum Gasteiger partial charge on any atom is -0.340 e. The second-order valence-corrected chi connectivity index (χ2v) is 6.93. The molecule has 122 valence electrons. The topological polar surface area (TPSA) is 32.3 Å². The molecular weight excluding hydrogens is 274 g/mol. The molecule has 21 heavy (non-hydrogen) atoms. The van der Waals surface area contributed by atoms with E-state index in [4.69, 9.17) is 0 Å². The van der Waals surface area contributed by atoms with E-state index in [-0.39, 0.29) is 30.7 Å². The van der Waals surface area contributed by atoms with Gasteiger partial charge in [-0.2, -0.15) is 0 Å². The van der Waals surface area contributed by atoms with E-state index >= 15 is 0 Å². The fourth-order valence-corrected chi connectivity index (χ4v) is 3.43. The predicted molar refractivity (Wildman–Crippen MR) is 79.3 cm³/mol. The highest BCUT2D eigenvalue weighted by Gasteiger charge is 2.39. The molecule has 1 atom stereocenters. The molecule has 0 aromatic heterocycles. The molecule has 0 bridgehead atoms. The Morgan fingerprint density at radius 2 is 1.95 bits per heavy atom. The largest absolute Gasteiger partial charge is 0.340 e. The third-order valence-electron chi connectivity index (χ3n) is 4.83. The van der Waals surface area contributed by atoms with Gasteiger partial charge < -0.3 is 10.2 Å². The Kier molecular flexibility index (Phi) is 5.58. The van der Waals surface area contributed by atoms with Gasteiger partial charge in [0.1, 0.15) is 0 Å². The minimum atomic E-state index is -2.56. The summed E-state index contributed by atoms with van der Waals surface area (Å²) in [5, 5.41) is 3.37. The van der Waals surface area contributed by atoms with Crippen LogP contribution in [0.5, 0.6) is 0 Å². The average molecular weight is 302 g/mol. The van der Waals surface area contributed by atoms with E-state index in [1.807, 2.05) is 18.7 Å². The summed E-state index contributed by atoms with van der Waals surface area (Å²) in [7, 11) is 0. The van der Waals surface area contributed by atoms with Crippen molar-refractivity contribution < 1.29 is 13.6 Å². The number of hydrogen-bond donors (Lipinski definition) is 1. The first-order valence-corrected chi connectivity index (χ1v) is 8.28. The lowest BCUT2D eigenvalue weighted by atomic mass is 9.85. The Balaban J connectivity index is 1.92. The van der Waals surface area contributed by atoms with E-state index in [2.05, 4.69) is 5.32 Å². The molecule has 2 fully saturated rings. The molecule has 1 N–H and O–H groups in total. The summed E-state index contributed by atoms with van der Waals surface area (Å²) < 4.78 is 26.5. The van der Waals surface area contributed by atoms with Crippen molar-refractivity contribution in [3.05, 3.63) is 0 Å². The van der Waals surface area contributed by atoms with Crippen molar-refractivity contribution >= 4 is 5.91 Å². The second-order valence-electron chi connectivity index (χ2n) is 6.93. The van der Waals surface area contributed by atoms with Gasteiger partial charge in [-0.05, 0) is 58.5 Å². The number of halogens is 2. The van der Waals surface area contributed by atoms with Crippen LogP contribution < -0.4 is 5.32 Å². The molecule has 5 heteroatoms. The van der Waals surface area contributed by atoms with Crippen molar-refractivity contribution in [1.82, 2.24) is 10.2 Å². The SMILES string of the molecule is CC(C)N(CC1CCCNC1)C(=O)C1CCC(F)(F)CC1. The average Bonchev–Trinajstić information content (AvgIpc) is 2.45. The first kappa shape index (κ1) is 16.7. The molecule has 1 saturated heterocycles. The molecule has 1 aliphatic heterocycles. The first-order valence-electron chi connectivity index (χ1n) is 8.28.